The molecule has 0 saturated heterocycles. The van der Waals surface area contributed by atoms with Crippen LogP contribution in [0.15, 0.2) is 12.3 Å². The average molecular weight is 122 g/mol. The predicted molar refractivity (Wildman–Crippen MR) is 33.8 cm³/mol. The van der Waals surface area contributed by atoms with E-state index in [0.29, 0.717) is 0 Å². The number of hydrogen-bond acceptors (Lipinski definition) is 1. The van der Waals surface area contributed by atoms with Gasteiger partial charge in [-0.15, -0.1) is 0 Å². The molecule has 0 aliphatic heterocycles. The standard InChI is InChI=1S/C7H8NO/c1-5-3-4-8-7(9)6(5)2/h3-4H,1-2H3. The third-order valence-electron chi connectivity index (χ3n) is 1.43. The Morgan fingerprint density at radius 2 is 2.11 bits per heavy atom. The Hall–Kier alpha value is -1.05. The Bertz CT molecular complexity index is 200. The van der Waals surface area contributed by atoms with Gasteiger partial charge < -0.3 is 0 Å². The van der Waals surface area contributed by atoms with Gasteiger partial charge in [-0.2, -0.15) is 0 Å². The zero-order valence-corrected chi connectivity index (χ0v) is 5.51. The molecule has 0 aliphatic carbocycles. The minimum absolute atomic E-state index is 0.116. The number of aryl methyl sites for hydroxylation is 1. The van der Waals surface area contributed by atoms with Gasteiger partial charge in [0.05, 0.1) is 0 Å². The van der Waals surface area contributed by atoms with Crippen molar-refractivity contribution in [3.05, 3.63) is 23.4 Å². The Kier molecular flexibility index (Phi) is 1.39. The maximum Gasteiger partial charge on any atom is 0.272 e. The Balaban J connectivity index is 3.25. The molecular weight excluding hydrogens is 114 g/mol. The van der Waals surface area contributed by atoms with E-state index in [1.54, 1.807) is 6.92 Å². The smallest absolute Gasteiger partial charge is 0.267 e. The van der Waals surface area contributed by atoms with Gasteiger partial charge in [0.25, 0.3) is 5.88 Å². The predicted octanol–water partition coefficient (Wildman–Crippen LogP) is 1.84. The third kappa shape index (κ3) is 1.02. The molecule has 9 heavy (non-hydrogen) atoms. The summed E-state index contributed by atoms with van der Waals surface area (Å²) in [4.78, 5) is 3.58. The summed E-state index contributed by atoms with van der Waals surface area (Å²) in [5.74, 6) is -0.116. The quantitative estimate of drug-likeness (QED) is 0.516. The Morgan fingerprint density at radius 3 is 2.56 bits per heavy atom. The SMILES string of the molecule is Cc1ccnc([O])c1C. The second kappa shape index (κ2) is 2.05. The van der Waals surface area contributed by atoms with E-state index >= 15 is 0 Å². The molecular formula is C7H8NO. The van der Waals surface area contributed by atoms with Gasteiger partial charge in [0.1, 0.15) is 0 Å². The van der Waals surface area contributed by atoms with Crippen molar-refractivity contribution in [3.8, 4) is 5.88 Å². The van der Waals surface area contributed by atoms with E-state index in [4.69, 9.17) is 0 Å². The van der Waals surface area contributed by atoms with Gasteiger partial charge in [0.15, 0.2) is 0 Å². The first-order valence-electron chi connectivity index (χ1n) is 2.81. The molecule has 1 rings (SSSR count). The summed E-state index contributed by atoms with van der Waals surface area (Å²) in [5.41, 5.74) is 1.76. The number of rotatable bonds is 0. The van der Waals surface area contributed by atoms with Crippen molar-refractivity contribution in [2.45, 2.75) is 13.8 Å². The number of nitrogens with zero attached hydrogens (tertiary/aromatic N) is 1. The highest BCUT2D eigenvalue weighted by Gasteiger charge is 1.98. The summed E-state index contributed by atoms with van der Waals surface area (Å²) in [6.07, 6.45) is 1.53. The van der Waals surface area contributed by atoms with Gasteiger partial charge in [0, 0.05) is 11.8 Å². The van der Waals surface area contributed by atoms with Crippen LogP contribution >= 0.6 is 0 Å². The highest BCUT2D eigenvalue weighted by atomic mass is 16.3. The van der Waals surface area contributed by atoms with Crippen molar-refractivity contribution < 1.29 is 5.11 Å². The molecule has 1 radical (unpaired) electrons. The van der Waals surface area contributed by atoms with Crippen molar-refractivity contribution >= 4 is 0 Å². The molecule has 1 aromatic rings. The normalized spacial score (nSPS) is 9.56. The van der Waals surface area contributed by atoms with Gasteiger partial charge in [-0.25, -0.2) is 4.98 Å². The lowest BCUT2D eigenvalue weighted by molar-refractivity contribution is 0.334. The van der Waals surface area contributed by atoms with Gasteiger partial charge in [-0.3, -0.25) is 5.11 Å². The fraction of sp³-hybridized carbons (Fsp3) is 0.286. The molecule has 0 aliphatic rings. The minimum atomic E-state index is -0.116. The number of hydrogen-bond donors (Lipinski definition) is 0. The van der Waals surface area contributed by atoms with Crippen LogP contribution < -0.4 is 0 Å². The fourth-order valence-corrected chi connectivity index (χ4v) is 0.607. The lowest BCUT2D eigenvalue weighted by atomic mass is 10.2. The van der Waals surface area contributed by atoms with Crippen LogP contribution in [-0.2, 0) is 5.11 Å². The van der Waals surface area contributed by atoms with Gasteiger partial charge in [-0.1, -0.05) is 0 Å². The first-order chi connectivity index (χ1) is 4.22. The molecule has 0 N–H and O–H groups in total. The zero-order valence-electron chi connectivity index (χ0n) is 5.51. The van der Waals surface area contributed by atoms with Crippen molar-refractivity contribution in [3.63, 3.8) is 0 Å². The highest BCUT2D eigenvalue weighted by molar-refractivity contribution is 5.30. The van der Waals surface area contributed by atoms with E-state index < -0.39 is 0 Å². The third-order valence-corrected chi connectivity index (χ3v) is 1.43. The molecule has 0 spiro atoms. The van der Waals surface area contributed by atoms with Crippen LogP contribution in [0.5, 0.6) is 5.88 Å². The van der Waals surface area contributed by atoms with E-state index in [-0.39, 0.29) is 5.88 Å². The molecule has 1 aromatic heterocycles. The van der Waals surface area contributed by atoms with Crippen molar-refractivity contribution in [1.82, 2.24) is 4.98 Å². The fourth-order valence-electron chi connectivity index (χ4n) is 0.607. The Morgan fingerprint density at radius 1 is 1.44 bits per heavy atom. The molecule has 0 bridgehead atoms. The molecule has 0 atom stereocenters. The summed E-state index contributed by atoms with van der Waals surface area (Å²) in [6, 6.07) is 1.83. The summed E-state index contributed by atoms with van der Waals surface area (Å²) >= 11 is 0. The summed E-state index contributed by atoms with van der Waals surface area (Å²) in [6.45, 7) is 3.68. The van der Waals surface area contributed by atoms with Gasteiger partial charge >= 0.3 is 0 Å². The molecule has 0 fully saturated rings. The van der Waals surface area contributed by atoms with Crippen molar-refractivity contribution in [1.29, 1.82) is 0 Å². The van der Waals surface area contributed by atoms with Crippen LogP contribution in [0.4, 0.5) is 0 Å². The van der Waals surface area contributed by atoms with E-state index in [2.05, 4.69) is 4.98 Å². The van der Waals surface area contributed by atoms with Crippen LogP contribution in [0.3, 0.4) is 0 Å². The summed E-state index contributed by atoms with van der Waals surface area (Å²) < 4.78 is 0. The topological polar surface area (TPSA) is 32.8 Å². The maximum absolute atomic E-state index is 10.7. The van der Waals surface area contributed by atoms with E-state index in [1.165, 1.54) is 6.20 Å². The monoisotopic (exact) mass is 122 g/mol. The summed E-state index contributed by atoms with van der Waals surface area (Å²) in [5, 5.41) is 10.7. The molecule has 2 heteroatoms. The van der Waals surface area contributed by atoms with Crippen LogP contribution in [0, 0.1) is 13.8 Å². The second-order valence-corrected chi connectivity index (χ2v) is 2.06. The highest BCUT2D eigenvalue weighted by Crippen LogP contribution is 2.14. The second-order valence-electron chi connectivity index (χ2n) is 2.06. The number of pyridine rings is 1. The molecule has 1 heterocycles. The van der Waals surface area contributed by atoms with E-state index in [1.807, 2.05) is 13.0 Å². The van der Waals surface area contributed by atoms with Crippen LogP contribution in [0.25, 0.3) is 0 Å². The zero-order chi connectivity index (χ0) is 6.85. The van der Waals surface area contributed by atoms with Crippen molar-refractivity contribution in [2.75, 3.05) is 0 Å². The molecule has 2 nitrogen and oxygen atoms in total. The Labute approximate surface area is 54.2 Å². The first kappa shape index (κ1) is 6.08. The molecule has 0 saturated carbocycles. The van der Waals surface area contributed by atoms with Crippen LogP contribution in [0.1, 0.15) is 11.1 Å². The largest absolute Gasteiger partial charge is 0.272 e. The molecule has 0 aromatic carbocycles. The molecule has 0 amide bonds. The van der Waals surface area contributed by atoms with E-state index in [9.17, 15) is 5.11 Å². The lowest BCUT2D eigenvalue weighted by Gasteiger charge is -1.95. The van der Waals surface area contributed by atoms with Gasteiger partial charge in [-0.05, 0) is 25.5 Å². The first-order valence-corrected chi connectivity index (χ1v) is 2.81. The average Bonchev–Trinajstić information content (AvgIpc) is 1.83. The van der Waals surface area contributed by atoms with Crippen molar-refractivity contribution in [2.24, 2.45) is 0 Å². The maximum atomic E-state index is 10.7. The van der Waals surface area contributed by atoms with Crippen LogP contribution in [-0.4, -0.2) is 4.98 Å². The minimum Gasteiger partial charge on any atom is -0.267 e. The summed E-state index contributed by atoms with van der Waals surface area (Å²) in [7, 11) is 0. The number of aromatic nitrogens is 1. The van der Waals surface area contributed by atoms with E-state index in [0.717, 1.165) is 11.1 Å². The van der Waals surface area contributed by atoms with Gasteiger partial charge in [0.2, 0.25) is 0 Å². The molecule has 0 unspecified atom stereocenters. The van der Waals surface area contributed by atoms with Crippen LogP contribution in [0.2, 0.25) is 0 Å². The molecule has 47 valence electrons. The lowest BCUT2D eigenvalue weighted by Crippen LogP contribution is -1.81.